The summed E-state index contributed by atoms with van der Waals surface area (Å²) in [7, 11) is -3.67. The highest BCUT2D eigenvalue weighted by Gasteiger charge is 2.27. The normalized spacial score (nSPS) is 15.9. The third-order valence-electron chi connectivity index (χ3n) is 5.19. The van der Waals surface area contributed by atoms with E-state index in [9.17, 15) is 17.6 Å². The van der Waals surface area contributed by atoms with Crippen molar-refractivity contribution in [2.45, 2.75) is 37.2 Å². The molecule has 1 atom stereocenters. The molecule has 0 spiro atoms. The van der Waals surface area contributed by atoms with Crippen molar-refractivity contribution in [3.05, 3.63) is 65.8 Å². The monoisotopic (exact) mass is 459 g/mol. The van der Waals surface area contributed by atoms with Crippen molar-refractivity contribution >= 4 is 16.0 Å². The molecule has 1 fully saturated rings. The van der Waals surface area contributed by atoms with Crippen LogP contribution >= 0.6 is 0 Å². The van der Waals surface area contributed by atoms with Crippen LogP contribution in [0.25, 0.3) is 11.5 Å². The Balaban J connectivity index is 1.47. The van der Waals surface area contributed by atoms with E-state index in [0.29, 0.717) is 18.7 Å². The van der Waals surface area contributed by atoms with Crippen molar-refractivity contribution < 1.29 is 26.8 Å². The molecular formula is C22H22FN3O5S. The summed E-state index contributed by atoms with van der Waals surface area (Å²) < 4.78 is 51.2. The number of rotatable bonds is 6. The van der Waals surface area contributed by atoms with E-state index in [4.69, 9.17) is 9.15 Å². The number of ether oxygens (including phenoxy) is 1. The molecule has 0 radical (unpaired) electrons. The van der Waals surface area contributed by atoms with Gasteiger partial charge in [-0.2, -0.15) is 4.31 Å². The number of piperidine rings is 1. The largest absolute Gasteiger partial charge is 0.449 e. The fourth-order valence-electron chi connectivity index (χ4n) is 3.42. The Labute approximate surface area is 185 Å². The highest BCUT2D eigenvalue weighted by Crippen LogP contribution is 2.25. The molecule has 0 amide bonds. The lowest BCUT2D eigenvalue weighted by atomic mass is 10.2. The molecule has 1 aromatic heterocycles. The van der Waals surface area contributed by atoms with Gasteiger partial charge in [0.25, 0.3) is 5.89 Å². The smallest absolute Gasteiger partial charge is 0.338 e. The van der Waals surface area contributed by atoms with Crippen LogP contribution in [0.5, 0.6) is 0 Å². The fraction of sp³-hybridized carbons (Fsp3) is 0.318. The number of esters is 1. The van der Waals surface area contributed by atoms with Crippen molar-refractivity contribution in [1.29, 1.82) is 0 Å². The highest BCUT2D eigenvalue weighted by atomic mass is 32.2. The maximum atomic E-state index is 13.1. The lowest BCUT2D eigenvalue weighted by molar-refractivity contribution is 0.0279. The summed E-state index contributed by atoms with van der Waals surface area (Å²) in [6.07, 6.45) is 1.78. The zero-order valence-corrected chi connectivity index (χ0v) is 18.2. The average molecular weight is 459 g/mol. The van der Waals surface area contributed by atoms with E-state index in [1.54, 1.807) is 6.92 Å². The maximum Gasteiger partial charge on any atom is 0.338 e. The predicted octanol–water partition coefficient (Wildman–Crippen LogP) is 3.97. The van der Waals surface area contributed by atoms with Crippen LogP contribution in [0.3, 0.4) is 0 Å². The molecule has 1 aliphatic heterocycles. The van der Waals surface area contributed by atoms with E-state index in [1.807, 2.05) is 0 Å². The van der Waals surface area contributed by atoms with Crippen LogP contribution < -0.4 is 0 Å². The van der Waals surface area contributed by atoms with Crippen LogP contribution in [0.15, 0.2) is 57.8 Å². The van der Waals surface area contributed by atoms with Gasteiger partial charge >= 0.3 is 5.97 Å². The van der Waals surface area contributed by atoms with Crippen LogP contribution in [0.4, 0.5) is 4.39 Å². The van der Waals surface area contributed by atoms with Crippen LogP contribution in [0.2, 0.25) is 0 Å². The first-order chi connectivity index (χ1) is 15.3. The molecule has 0 saturated carbocycles. The summed E-state index contributed by atoms with van der Waals surface area (Å²) in [5, 5.41) is 7.79. The molecule has 32 heavy (non-hydrogen) atoms. The standard InChI is InChI=1S/C22H22FN3O5S/c1-15(20-24-25-21(31-20)16-8-10-18(23)11-9-16)30-22(27)17-6-5-7-19(14-17)32(28,29)26-12-3-2-4-13-26/h5-11,14-15H,2-4,12-13H2,1H3. The molecule has 0 N–H and O–H groups in total. The molecule has 0 aliphatic carbocycles. The van der Waals surface area contributed by atoms with Crippen molar-refractivity contribution in [3.8, 4) is 11.5 Å². The number of carbonyl (C=O) groups excluding carboxylic acids is 1. The first-order valence-electron chi connectivity index (χ1n) is 10.2. The number of carbonyl (C=O) groups is 1. The minimum absolute atomic E-state index is 0.0536. The Bertz CT molecular complexity index is 1200. The highest BCUT2D eigenvalue weighted by molar-refractivity contribution is 7.89. The molecule has 0 bridgehead atoms. The van der Waals surface area contributed by atoms with E-state index in [-0.39, 0.29) is 28.1 Å². The van der Waals surface area contributed by atoms with Gasteiger partial charge in [-0.3, -0.25) is 0 Å². The Morgan fingerprint density at radius 1 is 1.09 bits per heavy atom. The number of aromatic nitrogens is 2. The first kappa shape index (κ1) is 22.1. The lowest BCUT2D eigenvalue weighted by Crippen LogP contribution is -2.35. The van der Waals surface area contributed by atoms with Gasteiger partial charge in [0.1, 0.15) is 5.82 Å². The molecule has 10 heteroatoms. The lowest BCUT2D eigenvalue weighted by Gasteiger charge is -2.26. The minimum atomic E-state index is -3.67. The topological polar surface area (TPSA) is 103 Å². The van der Waals surface area contributed by atoms with E-state index in [2.05, 4.69) is 10.2 Å². The Morgan fingerprint density at radius 3 is 2.53 bits per heavy atom. The van der Waals surface area contributed by atoms with Gasteiger partial charge in [-0.1, -0.05) is 12.5 Å². The third kappa shape index (κ3) is 4.71. The molecular weight excluding hydrogens is 437 g/mol. The zero-order chi connectivity index (χ0) is 22.7. The van der Waals surface area contributed by atoms with E-state index >= 15 is 0 Å². The number of benzene rings is 2. The van der Waals surface area contributed by atoms with Crippen molar-refractivity contribution in [2.24, 2.45) is 0 Å². The van der Waals surface area contributed by atoms with Crippen molar-refractivity contribution in [2.75, 3.05) is 13.1 Å². The van der Waals surface area contributed by atoms with Crippen molar-refractivity contribution in [3.63, 3.8) is 0 Å². The van der Waals surface area contributed by atoms with E-state index in [0.717, 1.165) is 19.3 Å². The van der Waals surface area contributed by atoms with Gasteiger partial charge in [0.15, 0.2) is 6.10 Å². The van der Waals surface area contributed by atoms with Gasteiger partial charge < -0.3 is 9.15 Å². The summed E-state index contributed by atoms with van der Waals surface area (Å²) in [6.45, 7) is 2.51. The number of hydrogen-bond acceptors (Lipinski definition) is 7. The Morgan fingerprint density at radius 2 is 1.81 bits per heavy atom. The molecule has 2 aromatic carbocycles. The second-order valence-electron chi connectivity index (χ2n) is 7.49. The third-order valence-corrected chi connectivity index (χ3v) is 7.08. The van der Waals surface area contributed by atoms with Gasteiger partial charge in [-0.15, -0.1) is 10.2 Å². The molecule has 168 valence electrons. The Hall–Kier alpha value is -3.11. The number of halogens is 1. The van der Waals surface area contributed by atoms with E-state index < -0.39 is 22.1 Å². The average Bonchev–Trinajstić information content (AvgIpc) is 3.31. The minimum Gasteiger partial charge on any atom is -0.449 e. The first-order valence-corrected chi connectivity index (χ1v) is 11.7. The summed E-state index contributed by atoms with van der Waals surface area (Å²) in [5.74, 6) is -0.873. The summed E-state index contributed by atoms with van der Waals surface area (Å²) in [6, 6.07) is 11.3. The van der Waals surface area contributed by atoms with Gasteiger partial charge in [0.05, 0.1) is 10.5 Å². The number of sulfonamides is 1. The molecule has 4 rings (SSSR count). The van der Waals surface area contributed by atoms with E-state index in [1.165, 1.54) is 52.8 Å². The van der Waals surface area contributed by atoms with Crippen LogP contribution in [-0.2, 0) is 14.8 Å². The molecule has 8 nitrogen and oxygen atoms in total. The number of nitrogens with zero attached hydrogens (tertiary/aromatic N) is 3. The Kier molecular flexibility index (Phi) is 6.33. The van der Waals surface area contributed by atoms with Crippen LogP contribution in [-0.4, -0.2) is 42.0 Å². The van der Waals surface area contributed by atoms with Gasteiger partial charge in [-0.25, -0.2) is 17.6 Å². The molecule has 3 aromatic rings. The number of hydrogen-bond donors (Lipinski definition) is 0. The molecule has 1 unspecified atom stereocenters. The SMILES string of the molecule is CC(OC(=O)c1cccc(S(=O)(=O)N2CCCCC2)c1)c1nnc(-c2ccc(F)cc2)o1. The molecule has 2 heterocycles. The van der Waals surface area contributed by atoms with Gasteiger partial charge in [0, 0.05) is 18.7 Å². The maximum absolute atomic E-state index is 13.1. The second-order valence-corrected chi connectivity index (χ2v) is 9.43. The van der Waals surface area contributed by atoms with Crippen LogP contribution in [0.1, 0.15) is 48.5 Å². The van der Waals surface area contributed by atoms with Crippen LogP contribution in [0, 0.1) is 5.82 Å². The molecule has 1 aliphatic rings. The summed E-state index contributed by atoms with van der Waals surface area (Å²) in [4.78, 5) is 12.7. The quantitative estimate of drug-likeness (QED) is 0.514. The fourth-order valence-corrected chi connectivity index (χ4v) is 4.99. The van der Waals surface area contributed by atoms with Gasteiger partial charge in [-0.05, 0) is 62.2 Å². The summed E-state index contributed by atoms with van der Waals surface area (Å²) >= 11 is 0. The predicted molar refractivity (Wildman–Crippen MR) is 113 cm³/mol. The van der Waals surface area contributed by atoms with Crippen molar-refractivity contribution in [1.82, 2.24) is 14.5 Å². The zero-order valence-electron chi connectivity index (χ0n) is 17.4. The molecule has 1 saturated heterocycles. The van der Waals surface area contributed by atoms with Gasteiger partial charge in [0.2, 0.25) is 15.9 Å². The summed E-state index contributed by atoms with van der Waals surface area (Å²) in [5.41, 5.74) is 0.632. The second kappa shape index (κ2) is 9.17.